The quantitative estimate of drug-likeness (QED) is 0.325. The van der Waals surface area contributed by atoms with Gasteiger partial charge in [-0.25, -0.2) is 13.4 Å². The maximum Gasteiger partial charge on any atom is 0.243 e. The van der Waals surface area contributed by atoms with E-state index < -0.39 is 10.0 Å². The second-order valence-corrected chi connectivity index (χ2v) is 11.8. The van der Waals surface area contributed by atoms with Crippen molar-refractivity contribution in [3.8, 4) is 17.0 Å². The first-order valence-corrected chi connectivity index (χ1v) is 15.6. The van der Waals surface area contributed by atoms with Gasteiger partial charge in [0, 0.05) is 44.6 Å². The maximum atomic E-state index is 13.0. The van der Waals surface area contributed by atoms with Gasteiger partial charge in [-0.3, -0.25) is 4.90 Å². The third-order valence-corrected chi connectivity index (χ3v) is 9.55. The molecule has 1 saturated heterocycles. The normalized spacial score (nSPS) is 15.3. The van der Waals surface area contributed by atoms with Gasteiger partial charge in [-0.15, -0.1) is 11.3 Å². The largest absolute Gasteiger partial charge is 0.494 e. The highest BCUT2D eigenvalue weighted by atomic mass is 32.2. The number of hydrogen-bond acceptors (Lipinski definition) is 7. The summed E-state index contributed by atoms with van der Waals surface area (Å²) in [5.74, 6) is 0.830. The molecule has 1 aliphatic heterocycles. The molecule has 0 atom stereocenters. The Morgan fingerprint density at radius 2 is 1.66 bits per heavy atom. The van der Waals surface area contributed by atoms with Crippen LogP contribution in [-0.2, 0) is 21.3 Å². The van der Waals surface area contributed by atoms with Crippen LogP contribution in [0, 0.1) is 0 Å². The number of rotatable bonds is 12. The van der Waals surface area contributed by atoms with Crippen molar-refractivity contribution in [3.05, 3.63) is 58.7 Å². The number of thiazole rings is 1. The van der Waals surface area contributed by atoms with Crippen LogP contribution in [-0.4, -0.2) is 74.7 Å². The third kappa shape index (κ3) is 6.92. The summed E-state index contributed by atoms with van der Waals surface area (Å²) in [6, 6.07) is 15.0. The minimum atomic E-state index is -3.50. The van der Waals surface area contributed by atoms with Crippen LogP contribution in [0.4, 0.5) is 5.69 Å². The molecule has 38 heavy (non-hydrogen) atoms. The average Bonchev–Trinajstić information content (AvgIpc) is 3.33. The highest BCUT2D eigenvalue weighted by Gasteiger charge is 2.21. The number of sulfonamides is 1. The first-order chi connectivity index (χ1) is 18.5. The average molecular weight is 559 g/mol. The molecule has 206 valence electrons. The van der Waals surface area contributed by atoms with E-state index in [9.17, 15) is 8.42 Å². The van der Waals surface area contributed by atoms with E-state index in [0.717, 1.165) is 73.3 Å². The highest BCUT2D eigenvalue weighted by Crippen LogP contribution is 2.25. The molecule has 2 aromatic carbocycles. The molecule has 3 aromatic rings. The third-order valence-electron chi connectivity index (χ3n) is 6.62. The minimum absolute atomic E-state index is 0.318. The summed E-state index contributed by atoms with van der Waals surface area (Å²) in [4.78, 5) is 8.61. The Morgan fingerprint density at radius 1 is 0.974 bits per heavy atom. The molecule has 0 amide bonds. The molecule has 1 aromatic heterocycles. The van der Waals surface area contributed by atoms with Gasteiger partial charge in [0.1, 0.15) is 5.75 Å². The van der Waals surface area contributed by atoms with Crippen molar-refractivity contribution in [2.45, 2.75) is 38.6 Å². The highest BCUT2D eigenvalue weighted by molar-refractivity contribution is 7.89. The van der Waals surface area contributed by atoms with E-state index >= 15 is 0 Å². The van der Waals surface area contributed by atoms with Gasteiger partial charge >= 0.3 is 0 Å². The standard InChI is InChI=1S/C28H38N4O4S2/c1-4-31(5-2)38(33,34)26-14-8-23(9-15-26)27-22-37-28(29-24-10-12-25(13-11-24)36-6-3)32(27)17-7-16-30-18-20-35-21-19-30/h8-15,22H,4-7,16-21H2,1-3H3. The SMILES string of the molecule is CCOc1ccc(N=c2scc(-c3ccc(S(=O)(=O)N(CC)CC)cc3)n2CCCN2CCOCC2)cc1. The molecule has 10 heteroatoms. The maximum absolute atomic E-state index is 13.0. The van der Waals surface area contributed by atoms with Crippen molar-refractivity contribution in [2.24, 2.45) is 4.99 Å². The molecule has 1 fully saturated rings. The van der Waals surface area contributed by atoms with Crippen molar-refractivity contribution < 1.29 is 17.9 Å². The fourth-order valence-corrected chi connectivity index (χ4v) is 6.96. The van der Waals surface area contributed by atoms with Gasteiger partial charge in [-0.2, -0.15) is 4.31 Å². The Balaban J connectivity index is 1.63. The predicted molar refractivity (Wildman–Crippen MR) is 153 cm³/mol. The van der Waals surface area contributed by atoms with Gasteiger partial charge in [0.05, 0.1) is 36.1 Å². The molecule has 1 aliphatic rings. The topological polar surface area (TPSA) is 76.4 Å². The summed E-state index contributed by atoms with van der Waals surface area (Å²) < 4.78 is 40.7. The fraction of sp³-hybridized carbons (Fsp3) is 0.464. The fourth-order valence-electron chi connectivity index (χ4n) is 4.55. The number of morpholine rings is 1. The van der Waals surface area contributed by atoms with Crippen molar-refractivity contribution >= 4 is 27.0 Å². The monoisotopic (exact) mass is 558 g/mol. The summed E-state index contributed by atoms with van der Waals surface area (Å²) in [5, 5.41) is 2.11. The lowest BCUT2D eigenvalue weighted by molar-refractivity contribution is 0.0369. The zero-order valence-corrected chi connectivity index (χ0v) is 24.1. The summed E-state index contributed by atoms with van der Waals surface area (Å²) in [5.41, 5.74) is 2.87. The lowest BCUT2D eigenvalue weighted by Gasteiger charge is -2.26. The molecule has 4 rings (SSSR count). The second-order valence-electron chi connectivity index (χ2n) is 9.02. The van der Waals surface area contributed by atoms with Crippen molar-refractivity contribution in [1.82, 2.24) is 13.8 Å². The zero-order chi connectivity index (χ0) is 27.0. The van der Waals surface area contributed by atoms with Crippen LogP contribution >= 0.6 is 11.3 Å². The second kappa shape index (κ2) is 13.5. The van der Waals surface area contributed by atoms with Crippen LogP contribution in [0.15, 0.2) is 63.8 Å². The van der Waals surface area contributed by atoms with Gasteiger partial charge in [0.2, 0.25) is 10.0 Å². The van der Waals surface area contributed by atoms with Gasteiger partial charge in [0.25, 0.3) is 0 Å². The van der Waals surface area contributed by atoms with E-state index in [1.54, 1.807) is 23.5 Å². The number of nitrogens with zero attached hydrogens (tertiary/aromatic N) is 4. The molecular weight excluding hydrogens is 520 g/mol. The molecular formula is C28H38N4O4S2. The van der Waals surface area contributed by atoms with Crippen LogP contribution in [0.25, 0.3) is 11.3 Å². The van der Waals surface area contributed by atoms with Crippen molar-refractivity contribution in [3.63, 3.8) is 0 Å². The molecule has 0 bridgehead atoms. The summed E-state index contributed by atoms with van der Waals surface area (Å²) in [7, 11) is -3.50. The molecule has 0 unspecified atom stereocenters. The molecule has 8 nitrogen and oxygen atoms in total. The summed E-state index contributed by atoms with van der Waals surface area (Å²) in [6.07, 6.45) is 0.981. The first kappa shape index (κ1) is 28.5. The Labute approximate surface area is 230 Å². The van der Waals surface area contributed by atoms with E-state index in [0.29, 0.717) is 24.6 Å². The van der Waals surface area contributed by atoms with Gasteiger partial charge in [-0.05, 0) is 55.3 Å². The Kier molecular flexibility index (Phi) is 10.1. The molecule has 0 radical (unpaired) electrons. The van der Waals surface area contributed by atoms with E-state index in [1.807, 2.05) is 57.2 Å². The zero-order valence-electron chi connectivity index (χ0n) is 22.5. The first-order valence-electron chi connectivity index (χ1n) is 13.3. The van der Waals surface area contributed by atoms with Crippen LogP contribution in [0.1, 0.15) is 27.2 Å². The Morgan fingerprint density at radius 3 is 2.29 bits per heavy atom. The molecule has 0 N–H and O–H groups in total. The lowest BCUT2D eigenvalue weighted by Crippen LogP contribution is -2.37. The van der Waals surface area contributed by atoms with Gasteiger partial charge in [0.15, 0.2) is 4.80 Å². The molecule has 0 saturated carbocycles. The van der Waals surface area contributed by atoms with Crippen molar-refractivity contribution in [1.29, 1.82) is 0 Å². The molecule has 2 heterocycles. The number of hydrogen-bond donors (Lipinski definition) is 0. The smallest absolute Gasteiger partial charge is 0.243 e. The van der Waals surface area contributed by atoms with Crippen LogP contribution in [0.5, 0.6) is 5.75 Å². The number of ether oxygens (including phenoxy) is 2. The van der Waals surface area contributed by atoms with E-state index in [2.05, 4.69) is 14.8 Å². The van der Waals surface area contributed by atoms with Gasteiger partial charge in [-0.1, -0.05) is 26.0 Å². The Bertz CT molecular complexity index is 1320. The summed E-state index contributed by atoms with van der Waals surface area (Å²) in [6.45, 7) is 12.5. The van der Waals surface area contributed by atoms with Crippen molar-refractivity contribution in [2.75, 3.05) is 52.5 Å². The summed E-state index contributed by atoms with van der Waals surface area (Å²) >= 11 is 1.59. The molecule has 0 spiro atoms. The van der Waals surface area contributed by atoms with Crippen LogP contribution in [0.3, 0.4) is 0 Å². The van der Waals surface area contributed by atoms with E-state index in [1.165, 1.54) is 4.31 Å². The Hall–Kier alpha value is -2.50. The van der Waals surface area contributed by atoms with Gasteiger partial charge < -0.3 is 14.0 Å². The van der Waals surface area contributed by atoms with E-state index in [4.69, 9.17) is 14.5 Å². The lowest BCUT2D eigenvalue weighted by atomic mass is 10.2. The van der Waals surface area contributed by atoms with Crippen LogP contribution in [0.2, 0.25) is 0 Å². The number of aromatic nitrogens is 1. The number of benzene rings is 2. The van der Waals surface area contributed by atoms with E-state index in [-0.39, 0.29) is 0 Å². The minimum Gasteiger partial charge on any atom is -0.494 e. The molecule has 0 aliphatic carbocycles. The predicted octanol–water partition coefficient (Wildman–Crippen LogP) is 4.60. The van der Waals surface area contributed by atoms with Crippen LogP contribution < -0.4 is 9.54 Å².